The van der Waals surface area contributed by atoms with E-state index in [1.807, 2.05) is 49.4 Å². The number of aromatic nitrogens is 2. The van der Waals surface area contributed by atoms with Gasteiger partial charge in [-0.25, -0.2) is 4.79 Å². The van der Waals surface area contributed by atoms with Crippen molar-refractivity contribution >= 4 is 17.6 Å². The Morgan fingerprint density at radius 1 is 1.07 bits per heavy atom. The smallest absolute Gasteiger partial charge is 0.360 e. The molecule has 0 unspecified atom stereocenters. The minimum Gasteiger partial charge on any atom is -0.461 e. The van der Waals surface area contributed by atoms with E-state index in [0.29, 0.717) is 5.69 Å². The lowest BCUT2D eigenvalue weighted by molar-refractivity contribution is -0.115. The first-order valence-corrected chi connectivity index (χ1v) is 9.20. The van der Waals surface area contributed by atoms with Gasteiger partial charge in [-0.1, -0.05) is 48.0 Å². The van der Waals surface area contributed by atoms with Gasteiger partial charge in [-0.15, -0.1) is 0 Å². The summed E-state index contributed by atoms with van der Waals surface area (Å²) >= 11 is 0. The Hall–Kier alpha value is -3.74. The van der Waals surface area contributed by atoms with Crippen LogP contribution in [0.15, 0.2) is 65.5 Å². The first-order valence-electron chi connectivity index (χ1n) is 9.20. The zero-order valence-corrected chi connectivity index (χ0v) is 16.2. The fourth-order valence-electron chi connectivity index (χ4n) is 2.75. The highest BCUT2D eigenvalue weighted by Crippen LogP contribution is 2.15. The Balaban J connectivity index is 1.96. The number of anilines is 1. The number of hydrogen-bond acceptors (Lipinski definition) is 5. The molecule has 1 heterocycles. The van der Waals surface area contributed by atoms with Crippen molar-refractivity contribution in [2.24, 2.45) is 0 Å². The third kappa shape index (κ3) is 4.95. The summed E-state index contributed by atoms with van der Waals surface area (Å²) in [6.45, 7) is 3.73. The molecule has 7 nitrogen and oxygen atoms in total. The van der Waals surface area contributed by atoms with Crippen LogP contribution in [0, 0.1) is 6.92 Å². The van der Waals surface area contributed by atoms with Crippen molar-refractivity contribution in [3.8, 4) is 5.69 Å². The van der Waals surface area contributed by atoms with E-state index < -0.39 is 11.5 Å². The molecule has 0 radical (unpaired) electrons. The SMILES string of the molecule is CCOC(=O)c1nn(-c2ccc(C)cc2)c(=O)cc1NC(=O)Cc1ccccc1. The maximum absolute atomic E-state index is 12.6. The molecule has 3 rings (SSSR count). The monoisotopic (exact) mass is 391 g/mol. The number of hydrogen-bond donors (Lipinski definition) is 1. The van der Waals surface area contributed by atoms with Crippen LogP contribution in [0.25, 0.3) is 5.69 Å². The maximum Gasteiger partial charge on any atom is 0.360 e. The van der Waals surface area contributed by atoms with Crippen molar-refractivity contribution in [2.75, 3.05) is 11.9 Å². The quantitative estimate of drug-likeness (QED) is 0.653. The van der Waals surface area contributed by atoms with Gasteiger partial charge in [0.1, 0.15) is 0 Å². The topological polar surface area (TPSA) is 90.3 Å². The fourth-order valence-corrected chi connectivity index (χ4v) is 2.75. The summed E-state index contributed by atoms with van der Waals surface area (Å²) in [5, 5.41) is 6.78. The predicted octanol–water partition coefficient (Wildman–Crippen LogP) is 2.90. The number of aryl methyl sites for hydroxylation is 1. The van der Waals surface area contributed by atoms with Crippen molar-refractivity contribution in [1.29, 1.82) is 0 Å². The number of carbonyl (C=O) groups excluding carboxylic acids is 2. The third-order valence-electron chi connectivity index (χ3n) is 4.16. The molecule has 29 heavy (non-hydrogen) atoms. The maximum atomic E-state index is 12.6. The molecule has 0 spiro atoms. The van der Waals surface area contributed by atoms with E-state index in [1.165, 1.54) is 6.07 Å². The normalized spacial score (nSPS) is 10.4. The standard InChI is InChI=1S/C22H21N3O4/c1-3-29-22(28)21-18(23-19(26)13-16-7-5-4-6-8-16)14-20(27)25(24-21)17-11-9-15(2)10-12-17/h4-12,14H,3,13H2,1-2H3,(H,23,26). The van der Waals surface area contributed by atoms with Crippen molar-refractivity contribution in [2.45, 2.75) is 20.3 Å². The molecule has 7 heteroatoms. The number of benzene rings is 2. The van der Waals surface area contributed by atoms with Gasteiger partial charge in [-0.2, -0.15) is 9.78 Å². The minimum absolute atomic E-state index is 0.0257. The summed E-state index contributed by atoms with van der Waals surface area (Å²) in [6.07, 6.45) is 0.101. The summed E-state index contributed by atoms with van der Waals surface area (Å²) in [5.74, 6) is -1.08. The van der Waals surface area contributed by atoms with Crippen LogP contribution in [0.2, 0.25) is 0 Å². The second kappa shape index (κ2) is 8.97. The second-order valence-corrected chi connectivity index (χ2v) is 6.42. The zero-order valence-electron chi connectivity index (χ0n) is 16.2. The summed E-state index contributed by atoms with van der Waals surface area (Å²) in [5.41, 5.74) is 1.76. The molecule has 0 atom stereocenters. The number of amides is 1. The molecular formula is C22H21N3O4. The molecule has 2 aromatic carbocycles. The van der Waals surface area contributed by atoms with Gasteiger partial charge in [0, 0.05) is 6.07 Å². The van der Waals surface area contributed by atoms with Crippen LogP contribution in [-0.4, -0.2) is 28.3 Å². The van der Waals surface area contributed by atoms with E-state index in [-0.39, 0.29) is 30.3 Å². The Morgan fingerprint density at radius 2 is 1.76 bits per heavy atom. The average molecular weight is 391 g/mol. The number of nitrogens with one attached hydrogen (secondary N) is 1. The van der Waals surface area contributed by atoms with Crippen molar-refractivity contribution in [3.05, 3.63) is 87.8 Å². The number of esters is 1. The molecule has 0 saturated carbocycles. The van der Waals surface area contributed by atoms with Crippen molar-refractivity contribution < 1.29 is 14.3 Å². The lowest BCUT2D eigenvalue weighted by Crippen LogP contribution is -2.27. The predicted molar refractivity (Wildman–Crippen MR) is 109 cm³/mol. The molecular weight excluding hydrogens is 370 g/mol. The molecule has 1 aromatic heterocycles. The second-order valence-electron chi connectivity index (χ2n) is 6.42. The van der Waals surface area contributed by atoms with Crippen LogP contribution in [0.4, 0.5) is 5.69 Å². The Morgan fingerprint density at radius 3 is 2.41 bits per heavy atom. The van der Waals surface area contributed by atoms with E-state index >= 15 is 0 Å². The van der Waals surface area contributed by atoms with Gasteiger partial charge >= 0.3 is 5.97 Å². The number of nitrogens with zero attached hydrogens (tertiary/aromatic N) is 2. The van der Waals surface area contributed by atoms with Crippen LogP contribution in [0.3, 0.4) is 0 Å². The van der Waals surface area contributed by atoms with E-state index in [4.69, 9.17) is 4.74 Å². The molecule has 1 amide bonds. The van der Waals surface area contributed by atoms with Gasteiger partial charge in [0.05, 0.1) is 24.4 Å². The summed E-state index contributed by atoms with van der Waals surface area (Å²) in [4.78, 5) is 37.4. The molecule has 0 aliphatic heterocycles. The van der Waals surface area contributed by atoms with E-state index in [1.54, 1.807) is 19.1 Å². The number of rotatable bonds is 6. The summed E-state index contributed by atoms with van der Waals surface area (Å²) in [6, 6.07) is 17.5. The third-order valence-corrected chi connectivity index (χ3v) is 4.16. The van der Waals surface area contributed by atoms with Crippen molar-refractivity contribution in [3.63, 3.8) is 0 Å². The Bertz CT molecular complexity index is 1070. The van der Waals surface area contributed by atoms with Crippen LogP contribution in [0.1, 0.15) is 28.5 Å². The molecule has 1 N–H and O–H groups in total. The fraction of sp³-hybridized carbons (Fsp3) is 0.182. The summed E-state index contributed by atoms with van der Waals surface area (Å²) < 4.78 is 6.16. The van der Waals surface area contributed by atoms with Gasteiger partial charge in [0.2, 0.25) is 5.91 Å². The lowest BCUT2D eigenvalue weighted by Gasteiger charge is -2.12. The Kier molecular flexibility index (Phi) is 6.19. The molecule has 0 fully saturated rings. The largest absolute Gasteiger partial charge is 0.461 e. The molecule has 0 aliphatic carbocycles. The van der Waals surface area contributed by atoms with Gasteiger partial charge < -0.3 is 10.1 Å². The molecule has 148 valence electrons. The molecule has 3 aromatic rings. The molecule has 0 aliphatic rings. The van der Waals surface area contributed by atoms with E-state index in [9.17, 15) is 14.4 Å². The van der Waals surface area contributed by atoms with E-state index in [2.05, 4.69) is 10.4 Å². The number of carbonyl (C=O) groups is 2. The van der Waals surface area contributed by atoms with E-state index in [0.717, 1.165) is 15.8 Å². The van der Waals surface area contributed by atoms with Crippen LogP contribution in [0.5, 0.6) is 0 Å². The first kappa shape index (κ1) is 20.0. The Labute approximate surface area is 168 Å². The average Bonchev–Trinajstić information content (AvgIpc) is 2.70. The van der Waals surface area contributed by atoms with Crippen LogP contribution >= 0.6 is 0 Å². The highest BCUT2D eigenvalue weighted by atomic mass is 16.5. The minimum atomic E-state index is -0.719. The zero-order chi connectivity index (χ0) is 20.8. The van der Waals surface area contributed by atoms with Gasteiger partial charge in [0.25, 0.3) is 5.56 Å². The lowest BCUT2D eigenvalue weighted by atomic mass is 10.1. The van der Waals surface area contributed by atoms with Gasteiger partial charge in [-0.3, -0.25) is 9.59 Å². The molecule has 0 saturated heterocycles. The number of ether oxygens (including phenoxy) is 1. The molecule has 0 bridgehead atoms. The van der Waals surface area contributed by atoms with Crippen LogP contribution < -0.4 is 10.9 Å². The van der Waals surface area contributed by atoms with Gasteiger partial charge in [0.15, 0.2) is 5.69 Å². The van der Waals surface area contributed by atoms with Crippen molar-refractivity contribution in [1.82, 2.24) is 9.78 Å². The highest BCUT2D eigenvalue weighted by molar-refractivity contribution is 6.00. The van der Waals surface area contributed by atoms with Gasteiger partial charge in [-0.05, 0) is 31.5 Å². The first-order chi connectivity index (χ1) is 14.0. The summed E-state index contributed by atoms with van der Waals surface area (Å²) in [7, 11) is 0. The highest BCUT2D eigenvalue weighted by Gasteiger charge is 2.20. The van der Waals surface area contributed by atoms with Crippen LogP contribution in [-0.2, 0) is 16.0 Å².